The molecule has 2 rings (SSSR count). The Morgan fingerprint density at radius 3 is 2.82 bits per heavy atom. The van der Waals surface area contributed by atoms with Crippen molar-refractivity contribution in [2.45, 2.75) is 18.4 Å². The maximum absolute atomic E-state index is 13.3. The zero-order chi connectivity index (χ0) is 12.6. The fraction of sp³-hybridized carbons (Fsp3) is 0.417. The smallest absolute Gasteiger partial charge is 0.234 e. The van der Waals surface area contributed by atoms with Crippen molar-refractivity contribution in [3.8, 4) is 0 Å². The Hall–Kier alpha value is -1.13. The predicted octanol–water partition coefficient (Wildman–Crippen LogP) is 1.75. The lowest BCUT2D eigenvalue weighted by Crippen LogP contribution is -2.37. The number of likely N-dealkylation sites (N-methyl/N-ethyl adjacent to an activating group) is 1. The molecule has 0 radical (unpaired) electrons. The molecule has 92 valence electrons. The molecule has 0 aromatic heterocycles. The van der Waals surface area contributed by atoms with Gasteiger partial charge in [0.1, 0.15) is 5.82 Å². The highest BCUT2D eigenvalue weighted by Crippen LogP contribution is 2.32. The van der Waals surface area contributed by atoms with E-state index in [9.17, 15) is 9.18 Å². The summed E-state index contributed by atoms with van der Waals surface area (Å²) in [5, 5.41) is 0.117. The molecule has 1 heterocycles. The molecule has 0 aliphatic carbocycles. The Bertz CT molecular complexity index is 452. The third-order valence-corrected chi connectivity index (χ3v) is 3.60. The van der Waals surface area contributed by atoms with E-state index in [0.29, 0.717) is 13.0 Å². The van der Waals surface area contributed by atoms with Gasteiger partial charge < -0.3 is 5.73 Å². The first-order valence-electron chi connectivity index (χ1n) is 5.43. The molecule has 2 N–H and O–H groups in total. The number of hydrogen-bond donors (Lipinski definition) is 1. The minimum absolute atomic E-state index is 0.117. The first-order chi connectivity index (χ1) is 7.99. The molecule has 5 heteroatoms. The maximum Gasteiger partial charge on any atom is 0.234 e. The van der Waals surface area contributed by atoms with Crippen molar-refractivity contribution in [2.24, 2.45) is 5.73 Å². The average molecular weight is 257 g/mol. The van der Waals surface area contributed by atoms with Crippen LogP contribution < -0.4 is 5.73 Å². The number of nitrogens with two attached hydrogens (primary N) is 1. The SMILES string of the molecule is CN1CC(c2ccc(Cl)c(F)c2)CC1C(N)=O. The number of carbonyl (C=O) groups is 1. The first-order valence-corrected chi connectivity index (χ1v) is 5.81. The number of primary amides is 1. The minimum atomic E-state index is -0.422. The van der Waals surface area contributed by atoms with E-state index in [4.69, 9.17) is 17.3 Å². The van der Waals surface area contributed by atoms with Crippen LogP contribution >= 0.6 is 11.6 Å². The van der Waals surface area contributed by atoms with Gasteiger partial charge in [0, 0.05) is 6.54 Å². The summed E-state index contributed by atoms with van der Waals surface area (Å²) in [5.74, 6) is -0.622. The summed E-state index contributed by atoms with van der Waals surface area (Å²) in [7, 11) is 1.85. The normalized spacial score (nSPS) is 25.1. The van der Waals surface area contributed by atoms with E-state index in [1.54, 1.807) is 12.1 Å². The van der Waals surface area contributed by atoms with Gasteiger partial charge in [-0.05, 0) is 37.1 Å². The first kappa shape index (κ1) is 12.3. The monoisotopic (exact) mass is 256 g/mol. The predicted molar refractivity (Wildman–Crippen MR) is 64.4 cm³/mol. The number of benzene rings is 1. The van der Waals surface area contributed by atoms with E-state index < -0.39 is 5.82 Å². The average Bonchev–Trinajstić information content (AvgIpc) is 2.64. The summed E-state index contributed by atoms with van der Waals surface area (Å²) in [5.41, 5.74) is 6.17. The molecule has 1 aliphatic rings. The maximum atomic E-state index is 13.3. The van der Waals surface area contributed by atoms with Crippen LogP contribution in [0.5, 0.6) is 0 Å². The van der Waals surface area contributed by atoms with Gasteiger partial charge in [-0.2, -0.15) is 0 Å². The molecular weight excluding hydrogens is 243 g/mol. The van der Waals surface area contributed by atoms with Crippen LogP contribution in [0.15, 0.2) is 18.2 Å². The van der Waals surface area contributed by atoms with Crippen LogP contribution in [-0.4, -0.2) is 30.4 Å². The zero-order valence-corrected chi connectivity index (χ0v) is 10.2. The van der Waals surface area contributed by atoms with E-state index in [-0.39, 0.29) is 22.9 Å². The van der Waals surface area contributed by atoms with Crippen molar-refractivity contribution in [3.63, 3.8) is 0 Å². The second kappa shape index (κ2) is 4.63. The van der Waals surface area contributed by atoms with Crippen LogP contribution in [0.2, 0.25) is 5.02 Å². The number of hydrogen-bond acceptors (Lipinski definition) is 2. The molecule has 2 atom stereocenters. The number of likely N-dealkylation sites (tertiary alicyclic amines) is 1. The molecule has 1 aliphatic heterocycles. The van der Waals surface area contributed by atoms with Crippen LogP contribution in [-0.2, 0) is 4.79 Å². The van der Waals surface area contributed by atoms with Crippen LogP contribution in [0, 0.1) is 5.82 Å². The molecule has 1 amide bonds. The number of carbonyl (C=O) groups excluding carboxylic acids is 1. The molecule has 1 fully saturated rings. The van der Waals surface area contributed by atoms with Gasteiger partial charge in [0.25, 0.3) is 0 Å². The van der Waals surface area contributed by atoms with Crippen molar-refractivity contribution in [1.82, 2.24) is 4.90 Å². The van der Waals surface area contributed by atoms with Gasteiger partial charge in [-0.1, -0.05) is 17.7 Å². The van der Waals surface area contributed by atoms with Crippen LogP contribution in [0.1, 0.15) is 17.9 Å². The lowest BCUT2D eigenvalue weighted by Gasteiger charge is -2.14. The number of halogens is 2. The summed E-state index contributed by atoms with van der Waals surface area (Å²) in [6, 6.07) is 4.51. The van der Waals surface area contributed by atoms with Gasteiger partial charge in [0.05, 0.1) is 11.1 Å². The largest absolute Gasteiger partial charge is 0.368 e. The molecule has 17 heavy (non-hydrogen) atoms. The van der Waals surface area contributed by atoms with Gasteiger partial charge in [-0.3, -0.25) is 9.69 Å². The van der Waals surface area contributed by atoms with E-state index in [1.165, 1.54) is 6.07 Å². The fourth-order valence-electron chi connectivity index (χ4n) is 2.34. The number of rotatable bonds is 2. The van der Waals surface area contributed by atoms with Gasteiger partial charge in [-0.25, -0.2) is 4.39 Å². The topological polar surface area (TPSA) is 46.3 Å². The summed E-state index contributed by atoms with van der Waals surface area (Å²) in [4.78, 5) is 13.1. The quantitative estimate of drug-likeness (QED) is 0.876. The van der Waals surface area contributed by atoms with Crippen LogP contribution in [0.4, 0.5) is 4.39 Å². The standard InChI is InChI=1S/C12H14ClFN2O/c1-16-6-8(5-11(16)12(15)17)7-2-3-9(13)10(14)4-7/h2-4,8,11H,5-6H2,1H3,(H2,15,17). The molecule has 3 nitrogen and oxygen atoms in total. The fourth-order valence-corrected chi connectivity index (χ4v) is 2.46. The molecular formula is C12H14ClFN2O. The Morgan fingerprint density at radius 2 is 2.29 bits per heavy atom. The van der Waals surface area contributed by atoms with E-state index in [1.807, 2.05) is 11.9 Å². The van der Waals surface area contributed by atoms with E-state index in [0.717, 1.165) is 5.56 Å². The molecule has 0 saturated carbocycles. The molecule has 0 bridgehead atoms. The van der Waals surface area contributed by atoms with Gasteiger partial charge in [0.2, 0.25) is 5.91 Å². The third-order valence-electron chi connectivity index (χ3n) is 3.29. The lowest BCUT2D eigenvalue weighted by molar-refractivity contribution is -0.121. The summed E-state index contributed by atoms with van der Waals surface area (Å²) < 4.78 is 13.3. The second-order valence-electron chi connectivity index (χ2n) is 4.46. The lowest BCUT2D eigenvalue weighted by atomic mass is 9.96. The van der Waals surface area contributed by atoms with Crippen molar-refractivity contribution < 1.29 is 9.18 Å². The second-order valence-corrected chi connectivity index (χ2v) is 4.87. The molecule has 1 saturated heterocycles. The third kappa shape index (κ3) is 2.42. The summed E-state index contributed by atoms with van der Waals surface area (Å²) in [6.07, 6.45) is 0.632. The van der Waals surface area contributed by atoms with Crippen molar-refractivity contribution in [1.29, 1.82) is 0 Å². The Kier molecular flexibility index (Phi) is 3.35. The van der Waals surface area contributed by atoms with Crippen molar-refractivity contribution in [3.05, 3.63) is 34.6 Å². The Labute approximate surface area is 104 Å². The van der Waals surface area contributed by atoms with Gasteiger partial charge in [-0.15, -0.1) is 0 Å². The van der Waals surface area contributed by atoms with Crippen molar-refractivity contribution in [2.75, 3.05) is 13.6 Å². The van der Waals surface area contributed by atoms with E-state index >= 15 is 0 Å². The summed E-state index contributed by atoms with van der Waals surface area (Å²) in [6.45, 7) is 0.703. The highest BCUT2D eigenvalue weighted by molar-refractivity contribution is 6.30. The van der Waals surface area contributed by atoms with Crippen molar-refractivity contribution >= 4 is 17.5 Å². The van der Waals surface area contributed by atoms with E-state index in [2.05, 4.69) is 0 Å². The minimum Gasteiger partial charge on any atom is -0.368 e. The van der Waals surface area contributed by atoms with Gasteiger partial charge in [0.15, 0.2) is 0 Å². The Balaban J connectivity index is 2.19. The zero-order valence-electron chi connectivity index (χ0n) is 9.49. The van der Waals surface area contributed by atoms with Crippen LogP contribution in [0.25, 0.3) is 0 Å². The summed E-state index contributed by atoms with van der Waals surface area (Å²) >= 11 is 5.64. The highest BCUT2D eigenvalue weighted by Gasteiger charge is 2.33. The molecule has 1 aromatic rings. The number of amides is 1. The van der Waals surface area contributed by atoms with Crippen LogP contribution in [0.3, 0.4) is 0 Å². The molecule has 1 aromatic carbocycles. The molecule has 2 unspecified atom stereocenters. The molecule has 0 spiro atoms. The van der Waals surface area contributed by atoms with Gasteiger partial charge >= 0.3 is 0 Å². The number of nitrogens with zero attached hydrogens (tertiary/aromatic N) is 1. The highest BCUT2D eigenvalue weighted by atomic mass is 35.5. The Morgan fingerprint density at radius 1 is 1.59 bits per heavy atom.